The van der Waals surface area contributed by atoms with Crippen molar-refractivity contribution < 1.29 is 9.31 Å². The minimum atomic E-state index is -0.302. The van der Waals surface area contributed by atoms with E-state index in [4.69, 9.17) is 9.31 Å². The van der Waals surface area contributed by atoms with Crippen molar-refractivity contribution in [3.8, 4) is 0 Å². The van der Waals surface area contributed by atoms with Gasteiger partial charge in [-0.1, -0.05) is 64.5 Å². The fourth-order valence-electron chi connectivity index (χ4n) is 3.38. The van der Waals surface area contributed by atoms with Gasteiger partial charge in [0.2, 0.25) is 0 Å². The van der Waals surface area contributed by atoms with E-state index in [0.29, 0.717) is 0 Å². The molecule has 27 heavy (non-hydrogen) atoms. The summed E-state index contributed by atoms with van der Waals surface area (Å²) in [5.74, 6) is 0.226. The zero-order valence-corrected chi connectivity index (χ0v) is 18.4. The Bertz CT molecular complexity index is 781. The molecule has 2 nitrogen and oxygen atoms in total. The molecule has 1 unspecified atom stereocenters. The Morgan fingerprint density at radius 1 is 0.963 bits per heavy atom. The smallest absolute Gasteiger partial charge is 0.403 e. The topological polar surface area (TPSA) is 18.5 Å². The first-order valence-corrected chi connectivity index (χ1v) is 10.3. The lowest BCUT2D eigenvalue weighted by Gasteiger charge is -2.32. The van der Waals surface area contributed by atoms with Crippen LogP contribution >= 0.6 is 15.9 Å². The second-order valence-electron chi connectivity index (χ2n) is 8.30. The van der Waals surface area contributed by atoms with Crippen molar-refractivity contribution in [3.63, 3.8) is 0 Å². The number of halogens is 1. The molecule has 0 amide bonds. The third kappa shape index (κ3) is 4.74. The number of allylic oxidation sites excluding steroid dienone is 2. The van der Waals surface area contributed by atoms with E-state index in [0.717, 1.165) is 10.8 Å². The van der Waals surface area contributed by atoms with E-state index in [2.05, 4.69) is 111 Å². The molecular formula is C23H28BBrO2. The lowest BCUT2D eigenvalue weighted by Crippen LogP contribution is -2.41. The van der Waals surface area contributed by atoms with Gasteiger partial charge in [-0.05, 0) is 69.8 Å². The molecule has 1 aliphatic rings. The van der Waals surface area contributed by atoms with Crippen molar-refractivity contribution in [1.82, 2.24) is 0 Å². The Kier molecular flexibility index (Phi) is 6.00. The molecule has 2 aromatic carbocycles. The minimum Gasteiger partial charge on any atom is -0.403 e. The van der Waals surface area contributed by atoms with E-state index in [-0.39, 0.29) is 24.2 Å². The summed E-state index contributed by atoms with van der Waals surface area (Å²) in [5, 5.41) is 0. The van der Waals surface area contributed by atoms with Crippen LogP contribution in [0.15, 0.2) is 65.1 Å². The summed E-state index contributed by atoms with van der Waals surface area (Å²) in [7, 11) is -0.214. The van der Waals surface area contributed by atoms with Crippen LogP contribution in [0.2, 0.25) is 6.32 Å². The predicted molar refractivity (Wildman–Crippen MR) is 118 cm³/mol. The second-order valence-corrected chi connectivity index (χ2v) is 9.21. The van der Waals surface area contributed by atoms with Gasteiger partial charge < -0.3 is 9.31 Å². The van der Waals surface area contributed by atoms with Crippen LogP contribution in [0.5, 0.6) is 0 Å². The van der Waals surface area contributed by atoms with E-state index in [1.807, 2.05) is 0 Å². The normalized spacial score (nSPS) is 19.9. The maximum Gasteiger partial charge on any atom is 0.458 e. The van der Waals surface area contributed by atoms with E-state index in [1.165, 1.54) is 16.7 Å². The highest BCUT2D eigenvalue weighted by Crippen LogP contribution is 2.40. The summed E-state index contributed by atoms with van der Waals surface area (Å²) in [6.07, 6.45) is 3.13. The molecule has 0 aliphatic carbocycles. The fraction of sp³-hybridized carbons (Fsp3) is 0.391. The summed E-state index contributed by atoms with van der Waals surface area (Å²) in [4.78, 5) is 0. The van der Waals surface area contributed by atoms with Crippen molar-refractivity contribution in [3.05, 3.63) is 76.3 Å². The number of hydrogen-bond donors (Lipinski definition) is 0. The van der Waals surface area contributed by atoms with Gasteiger partial charge in [-0.3, -0.25) is 0 Å². The van der Waals surface area contributed by atoms with Crippen LogP contribution < -0.4 is 0 Å². The highest BCUT2D eigenvalue weighted by atomic mass is 79.9. The van der Waals surface area contributed by atoms with Crippen LogP contribution in [0, 0.1) is 0 Å². The number of rotatable bonds is 5. The van der Waals surface area contributed by atoms with Crippen molar-refractivity contribution in [1.29, 1.82) is 0 Å². The quantitative estimate of drug-likeness (QED) is 0.493. The van der Waals surface area contributed by atoms with Gasteiger partial charge in [0.25, 0.3) is 0 Å². The average Bonchev–Trinajstić information content (AvgIpc) is 2.82. The highest BCUT2D eigenvalue weighted by molar-refractivity contribution is 9.10. The molecule has 1 fully saturated rings. The largest absolute Gasteiger partial charge is 0.458 e. The fourth-order valence-corrected chi connectivity index (χ4v) is 3.64. The first-order valence-electron chi connectivity index (χ1n) is 9.53. The third-order valence-corrected chi connectivity index (χ3v) is 6.26. The number of hydrogen-bond acceptors (Lipinski definition) is 2. The molecule has 0 saturated carbocycles. The first kappa shape index (κ1) is 20.4. The molecule has 2 aromatic rings. The summed E-state index contributed by atoms with van der Waals surface area (Å²) < 4.78 is 13.6. The molecule has 0 spiro atoms. The minimum absolute atomic E-state index is 0.214. The molecule has 1 atom stereocenters. The monoisotopic (exact) mass is 426 g/mol. The molecule has 0 N–H and O–H groups in total. The van der Waals surface area contributed by atoms with Crippen molar-refractivity contribution in [2.75, 3.05) is 0 Å². The summed E-state index contributed by atoms with van der Waals surface area (Å²) >= 11 is 3.51. The number of benzene rings is 2. The molecule has 0 radical (unpaired) electrons. The van der Waals surface area contributed by atoms with Gasteiger partial charge in [-0.25, -0.2) is 0 Å². The molecule has 142 valence electrons. The van der Waals surface area contributed by atoms with Gasteiger partial charge in [0.05, 0.1) is 11.2 Å². The SMILES string of the molecule is C/C(=C\C(CB1OC(C)(C)C(C)(C)O1)c1ccccc1)c1ccc(Br)cc1. The molecule has 0 bridgehead atoms. The van der Waals surface area contributed by atoms with Gasteiger partial charge >= 0.3 is 7.12 Å². The van der Waals surface area contributed by atoms with Gasteiger partial charge in [0.15, 0.2) is 0 Å². The van der Waals surface area contributed by atoms with Gasteiger partial charge in [0, 0.05) is 10.4 Å². The van der Waals surface area contributed by atoms with E-state index < -0.39 is 0 Å². The van der Waals surface area contributed by atoms with E-state index >= 15 is 0 Å². The van der Waals surface area contributed by atoms with Crippen LogP contribution in [0.3, 0.4) is 0 Å². The average molecular weight is 427 g/mol. The van der Waals surface area contributed by atoms with E-state index in [9.17, 15) is 0 Å². The first-order chi connectivity index (χ1) is 12.7. The van der Waals surface area contributed by atoms with Crippen LogP contribution in [0.4, 0.5) is 0 Å². The molecule has 0 aromatic heterocycles. The van der Waals surface area contributed by atoms with Gasteiger partial charge in [-0.15, -0.1) is 0 Å². The van der Waals surface area contributed by atoms with Crippen LogP contribution in [-0.4, -0.2) is 18.3 Å². The van der Waals surface area contributed by atoms with E-state index in [1.54, 1.807) is 0 Å². The standard InChI is InChI=1S/C23H28BBrO2/c1-17(18-11-13-21(25)14-12-18)15-20(19-9-7-6-8-10-19)16-24-26-22(2,3)23(4,5)27-24/h6-15,20H,16H2,1-5H3/b17-15+. The third-order valence-electron chi connectivity index (χ3n) is 5.73. The second kappa shape index (κ2) is 7.94. The summed E-state index contributed by atoms with van der Waals surface area (Å²) in [6, 6.07) is 19.1. The maximum atomic E-state index is 6.26. The molecule has 3 rings (SSSR count). The van der Waals surface area contributed by atoms with Crippen molar-refractivity contribution in [2.45, 2.75) is 58.1 Å². The zero-order valence-electron chi connectivity index (χ0n) is 16.8. The van der Waals surface area contributed by atoms with Crippen molar-refractivity contribution >= 4 is 28.6 Å². The molecule has 1 aliphatic heterocycles. The Balaban J connectivity index is 1.86. The Labute approximate surface area is 172 Å². The van der Waals surface area contributed by atoms with Gasteiger partial charge in [0.1, 0.15) is 0 Å². The van der Waals surface area contributed by atoms with Gasteiger partial charge in [-0.2, -0.15) is 0 Å². The Morgan fingerprint density at radius 2 is 1.52 bits per heavy atom. The predicted octanol–water partition coefficient (Wildman–Crippen LogP) is 6.73. The zero-order chi connectivity index (χ0) is 19.7. The Hall–Kier alpha value is -1.36. The van der Waals surface area contributed by atoms with Crippen LogP contribution in [0.1, 0.15) is 51.7 Å². The molecule has 4 heteroatoms. The Morgan fingerprint density at radius 3 is 2.07 bits per heavy atom. The summed E-state index contributed by atoms with van der Waals surface area (Å²) in [6.45, 7) is 10.6. The molecule has 1 saturated heterocycles. The van der Waals surface area contributed by atoms with Crippen molar-refractivity contribution in [2.24, 2.45) is 0 Å². The lowest BCUT2D eigenvalue weighted by molar-refractivity contribution is 0.00578. The lowest BCUT2D eigenvalue weighted by atomic mass is 9.74. The molecular weight excluding hydrogens is 399 g/mol. The molecule has 1 heterocycles. The van der Waals surface area contributed by atoms with Crippen LogP contribution in [0.25, 0.3) is 5.57 Å². The van der Waals surface area contributed by atoms with Crippen LogP contribution in [-0.2, 0) is 9.31 Å². The maximum absolute atomic E-state index is 6.26. The highest BCUT2D eigenvalue weighted by Gasteiger charge is 2.51. The summed E-state index contributed by atoms with van der Waals surface area (Å²) in [5.41, 5.74) is 3.16.